The number of pyridine rings is 5. The zero-order valence-corrected chi connectivity index (χ0v) is 22.2. The highest BCUT2D eigenvalue weighted by molar-refractivity contribution is 6.12. The van der Waals surface area contributed by atoms with Crippen molar-refractivity contribution >= 4 is 5.71 Å². The number of aromatic nitrogens is 5. The third-order valence-corrected chi connectivity index (χ3v) is 7.08. The first-order valence-electron chi connectivity index (χ1n) is 13.0. The summed E-state index contributed by atoms with van der Waals surface area (Å²) in [5, 5.41) is 0. The molecule has 0 aliphatic carbocycles. The van der Waals surface area contributed by atoms with Crippen LogP contribution < -0.4 is 0 Å². The molecule has 5 aromatic rings. The van der Waals surface area contributed by atoms with Gasteiger partial charge in [-0.1, -0.05) is 12.1 Å². The van der Waals surface area contributed by atoms with Crippen molar-refractivity contribution in [1.29, 1.82) is 0 Å². The van der Waals surface area contributed by atoms with Crippen molar-refractivity contribution in [2.24, 2.45) is 4.99 Å². The van der Waals surface area contributed by atoms with Crippen LogP contribution in [0.1, 0.15) is 35.1 Å². The Morgan fingerprint density at radius 3 is 1.97 bits per heavy atom. The van der Waals surface area contributed by atoms with Gasteiger partial charge in [0.05, 0.1) is 29.3 Å². The molecule has 190 valence electrons. The zero-order chi connectivity index (χ0) is 26.8. The van der Waals surface area contributed by atoms with Crippen LogP contribution in [0.5, 0.6) is 0 Å². The van der Waals surface area contributed by atoms with Crippen molar-refractivity contribution in [2.45, 2.75) is 26.7 Å². The number of nitrogens with zero attached hydrogens (tertiary/aromatic N) is 6. The monoisotopic (exact) mass is 508 g/mol. The number of dihydropyridines is 1. The standard InChI is InChI=1S/C33H28N6/c1-21-12-27(24-6-4-10-34-15-24)18-37-32(21)29-14-23(3)33(39-20-29)28-13-22(2)31(38-19-28)26-8-9-30(36-17-26)25-7-5-11-35-16-25/h4-17,19-20,27H,18H2,1-3H3. The lowest BCUT2D eigenvalue weighted by Crippen LogP contribution is -2.15. The predicted octanol–water partition coefficient (Wildman–Crippen LogP) is 6.81. The van der Waals surface area contributed by atoms with Crippen molar-refractivity contribution in [3.8, 4) is 33.8 Å². The second-order valence-electron chi connectivity index (χ2n) is 9.88. The lowest BCUT2D eigenvalue weighted by Gasteiger charge is -2.20. The van der Waals surface area contributed by atoms with E-state index >= 15 is 0 Å². The number of aryl methyl sites for hydroxylation is 2. The van der Waals surface area contributed by atoms with Crippen LogP contribution in [0.3, 0.4) is 0 Å². The van der Waals surface area contributed by atoms with Crippen molar-refractivity contribution in [3.05, 3.63) is 126 Å². The van der Waals surface area contributed by atoms with Crippen molar-refractivity contribution in [3.63, 3.8) is 0 Å². The highest BCUT2D eigenvalue weighted by Crippen LogP contribution is 2.30. The Kier molecular flexibility index (Phi) is 6.59. The van der Waals surface area contributed by atoms with Crippen LogP contribution >= 0.6 is 0 Å². The second kappa shape index (κ2) is 10.5. The molecule has 0 N–H and O–H groups in total. The fourth-order valence-corrected chi connectivity index (χ4v) is 5.10. The van der Waals surface area contributed by atoms with E-state index in [1.165, 1.54) is 5.56 Å². The smallest absolute Gasteiger partial charge is 0.0747 e. The first-order chi connectivity index (χ1) is 19.1. The van der Waals surface area contributed by atoms with Crippen LogP contribution in [0.25, 0.3) is 33.8 Å². The molecule has 1 atom stereocenters. The van der Waals surface area contributed by atoms with Crippen LogP contribution in [0.4, 0.5) is 0 Å². The molecule has 0 spiro atoms. The summed E-state index contributed by atoms with van der Waals surface area (Å²) in [6.07, 6.45) is 15.3. The van der Waals surface area contributed by atoms with Gasteiger partial charge in [0.1, 0.15) is 0 Å². The summed E-state index contributed by atoms with van der Waals surface area (Å²) in [5.74, 6) is 0.255. The molecule has 0 saturated carbocycles. The summed E-state index contributed by atoms with van der Waals surface area (Å²) in [7, 11) is 0. The fourth-order valence-electron chi connectivity index (χ4n) is 5.10. The van der Waals surface area contributed by atoms with E-state index in [9.17, 15) is 0 Å². The summed E-state index contributed by atoms with van der Waals surface area (Å²) in [6.45, 7) is 7.00. The molecule has 6 heteroatoms. The second-order valence-corrected chi connectivity index (χ2v) is 9.88. The Bertz CT molecular complexity index is 1690. The third-order valence-electron chi connectivity index (χ3n) is 7.08. The van der Waals surface area contributed by atoms with Crippen LogP contribution in [-0.2, 0) is 0 Å². The minimum Gasteiger partial charge on any atom is -0.283 e. The average molecular weight is 509 g/mol. The molecule has 39 heavy (non-hydrogen) atoms. The highest BCUT2D eigenvalue weighted by Gasteiger charge is 2.19. The van der Waals surface area contributed by atoms with Crippen molar-refractivity contribution in [1.82, 2.24) is 24.9 Å². The number of hydrogen-bond acceptors (Lipinski definition) is 6. The van der Waals surface area contributed by atoms with Crippen LogP contribution in [0.2, 0.25) is 0 Å². The minimum atomic E-state index is 0.255. The van der Waals surface area contributed by atoms with Gasteiger partial charge in [0.25, 0.3) is 0 Å². The molecule has 0 saturated heterocycles. The Hall–Kier alpha value is -4.84. The Labute approximate surface area is 228 Å². The summed E-state index contributed by atoms with van der Waals surface area (Å²) >= 11 is 0. The summed E-state index contributed by atoms with van der Waals surface area (Å²) in [4.78, 5) is 27.6. The Morgan fingerprint density at radius 1 is 0.641 bits per heavy atom. The van der Waals surface area contributed by atoms with E-state index < -0.39 is 0 Å². The van der Waals surface area contributed by atoms with Gasteiger partial charge < -0.3 is 0 Å². The van der Waals surface area contributed by atoms with Gasteiger partial charge in [-0.2, -0.15) is 0 Å². The van der Waals surface area contributed by atoms with Gasteiger partial charge in [0, 0.05) is 71.5 Å². The summed E-state index contributed by atoms with van der Waals surface area (Å²) < 4.78 is 0. The lowest BCUT2D eigenvalue weighted by atomic mass is 9.91. The molecule has 6 nitrogen and oxygen atoms in total. The molecule has 6 heterocycles. The van der Waals surface area contributed by atoms with E-state index in [-0.39, 0.29) is 5.92 Å². The summed E-state index contributed by atoms with van der Waals surface area (Å²) in [5.41, 5.74) is 12.3. The lowest BCUT2D eigenvalue weighted by molar-refractivity contribution is 0.826. The zero-order valence-electron chi connectivity index (χ0n) is 22.2. The maximum absolute atomic E-state index is 4.93. The van der Waals surface area contributed by atoms with E-state index in [2.05, 4.69) is 66.1 Å². The van der Waals surface area contributed by atoms with E-state index in [0.29, 0.717) is 6.54 Å². The number of rotatable bonds is 5. The topological polar surface area (TPSA) is 76.8 Å². The van der Waals surface area contributed by atoms with E-state index in [1.807, 2.05) is 55.2 Å². The Morgan fingerprint density at radius 2 is 1.33 bits per heavy atom. The van der Waals surface area contributed by atoms with Gasteiger partial charge in [0.2, 0.25) is 0 Å². The molecule has 1 aliphatic rings. The summed E-state index contributed by atoms with van der Waals surface area (Å²) in [6, 6.07) is 16.4. The predicted molar refractivity (Wildman–Crippen MR) is 156 cm³/mol. The molecule has 0 radical (unpaired) electrons. The molecule has 1 aliphatic heterocycles. The van der Waals surface area contributed by atoms with Gasteiger partial charge in [-0.05, 0) is 85.5 Å². The van der Waals surface area contributed by atoms with Crippen molar-refractivity contribution in [2.75, 3.05) is 6.54 Å². The SMILES string of the molecule is CC1=CC(c2cccnc2)CN=C1c1cnc(-c2cnc(-c3ccc(-c4cccnc4)nc3)c(C)c2)c(C)c1. The molecule has 0 aromatic carbocycles. The quantitative estimate of drug-likeness (QED) is 0.261. The normalized spacial score (nSPS) is 15.0. The number of allylic oxidation sites excluding steroid dienone is 1. The minimum absolute atomic E-state index is 0.255. The van der Waals surface area contributed by atoms with Crippen LogP contribution in [0, 0.1) is 13.8 Å². The Balaban J connectivity index is 1.22. The van der Waals surface area contributed by atoms with E-state index in [4.69, 9.17) is 15.0 Å². The first-order valence-corrected chi connectivity index (χ1v) is 13.0. The van der Waals surface area contributed by atoms with Crippen LogP contribution in [-0.4, -0.2) is 37.2 Å². The molecule has 5 aromatic heterocycles. The first kappa shape index (κ1) is 24.5. The van der Waals surface area contributed by atoms with E-state index in [0.717, 1.165) is 61.7 Å². The molecule has 1 unspecified atom stereocenters. The third kappa shape index (κ3) is 5.01. The average Bonchev–Trinajstić information content (AvgIpc) is 2.98. The molecular formula is C33H28N6. The fraction of sp³-hybridized carbons (Fsp3) is 0.152. The van der Waals surface area contributed by atoms with Gasteiger partial charge in [-0.15, -0.1) is 0 Å². The molecule has 0 fully saturated rings. The molecule has 0 bridgehead atoms. The number of hydrogen-bond donors (Lipinski definition) is 0. The van der Waals surface area contributed by atoms with Gasteiger partial charge in [-0.3, -0.25) is 29.9 Å². The van der Waals surface area contributed by atoms with Gasteiger partial charge >= 0.3 is 0 Å². The molecule has 0 amide bonds. The highest BCUT2D eigenvalue weighted by atomic mass is 14.8. The van der Waals surface area contributed by atoms with Gasteiger partial charge in [0.15, 0.2) is 0 Å². The molecule has 6 rings (SSSR count). The maximum Gasteiger partial charge on any atom is 0.0747 e. The van der Waals surface area contributed by atoms with Crippen molar-refractivity contribution < 1.29 is 0 Å². The van der Waals surface area contributed by atoms with Gasteiger partial charge in [-0.25, -0.2) is 0 Å². The van der Waals surface area contributed by atoms with Crippen LogP contribution in [0.15, 0.2) is 109 Å². The van der Waals surface area contributed by atoms with E-state index in [1.54, 1.807) is 12.4 Å². The maximum atomic E-state index is 4.93. The largest absolute Gasteiger partial charge is 0.283 e. The number of aliphatic imine (C=N–C) groups is 1. The molecular weight excluding hydrogens is 480 g/mol.